The van der Waals surface area contributed by atoms with E-state index in [2.05, 4.69) is 36.8 Å². The van der Waals surface area contributed by atoms with Crippen molar-refractivity contribution >= 4 is 27.5 Å². The molecule has 1 aromatic carbocycles. The summed E-state index contributed by atoms with van der Waals surface area (Å²) in [7, 11) is 1.74. The lowest BCUT2D eigenvalue weighted by molar-refractivity contribution is -0.114. The van der Waals surface area contributed by atoms with E-state index in [1.807, 2.05) is 12.1 Å². The van der Waals surface area contributed by atoms with Gasteiger partial charge in [-0.05, 0) is 28.6 Å². The van der Waals surface area contributed by atoms with E-state index in [9.17, 15) is 4.79 Å². The molecule has 0 spiro atoms. The third-order valence-corrected chi connectivity index (χ3v) is 2.65. The molecule has 6 nitrogen and oxygen atoms in total. The SMILES string of the molecule is CC(=O)Nc1ccc(Br)cc1-c1nnnn1C. The highest BCUT2D eigenvalue weighted by Gasteiger charge is 2.12. The van der Waals surface area contributed by atoms with Crippen molar-refractivity contribution < 1.29 is 4.79 Å². The van der Waals surface area contributed by atoms with E-state index in [1.165, 1.54) is 6.92 Å². The summed E-state index contributed by atoms with van der Waals surface area (Å²) < 4.78 is 2.44. The summed E-state index contributed by atoms with van der Waals surface area (Å²) >= 11 is 3.38. The second kappa shape index (κ2) is 4.62. The lowest BCUT2D eigenvalue weighted by Gasteiger charge is -2.08. The first kappa shape index (κ1) is 11.7. The molecule has 7 heteroatoms. The van der Waals surface area contributed by atoms with Crippen LogP contribution in [0.2, 0.25) is 0 Å². The average molecular weight is 296 g/mol. The molecule has 0 radical (unpaired) electrons. The van der Waals surface area contributed by atoms with Gasteiger partial charge in [-0.25, -0.2) is 4.68 Å². The van der Waals surface area contributed by atoms with Gasteiger partial charge in [-0.15, -0.1) is 5.10 Å². The summed E-state index contributed by atoms with van der Waals surface area (Å²) in [6.45, 7) is 1.46. The lowest BCUT2D eigenvalue weighted by Crippen LogP contribution is -2.08. The molecule has 0 aliphatic heterocycles. The molecule has 0 fully saturated rings. The maximum Gasteiger partial charge on any atom is 0.221 e. The van der Waals surface area contributed by atoms with Crippen LogP contribution in [0, 0.1) is 0 Å². The smallest absolute Gasteiger partial charge is 0.221 e. The number of tetrazole rings is 1. The zero-order valence-corrected chi connectivity index (χ0v) is 10.9. The molecule has 0 aliphatic carbocycles. The van der Waals surface area contributed by atoms with Gasteiger partial charge in [0, 0.05) is 24.0 Å². The predicted octanol–water partition coefficient (Wildman–Crippen LogP) is 1.60. The zero-order valence-electron chi connectivity index (χ0n) is 9.31. The molecule has 0 saturated carbocycles. The highest BCUT2D eigenvalue weighted by atomic mass is 79.9. The fourth-order valence-electron chi connectivity index (χ4n) is 1.46. The Balaban J connectivity index is 2.54. The Labute approximate surface area is 106 Å². The average Bonchev–Trinajstić information content (AvgIpc) is 2.66. The van der Waals surface area contributed by atoms with Gasteiger partial charge in [0.15, 0.2) is 5.82 Å². The molecule has 0 aliphatic rings. The maximum atomic E-state index is 11.1. The van der Waals surface area contributed by atoms with Crippen LogP contribution in [0.5, 0.6) is 0 Å². The van der Waals surface area contributed by atoms with Crippen molar-refractivity contribution in [2.75, 3.05) is 5.32 Å². The van der Waals surface area contributed by atoms with Crippen LogP contribution in [-0.4, -0.2) is 26.1 Å². The first-order valence-electron chi connectivity index (χ1n) is 4.88. The van der Waals surface area contributed by atoms with E-state index in [0.29, 0.717) is 11.5 Å². The number of carbonyl (C=O) groups excluding carboxylic acids is 1. The molecule has 88 valence electrons. The van der Waals surface area contributed by atoms with E-state index < -0.39 is 0 Å². The standard InChI is InChI=1S/C10H10BrN5O/c1-6(17)12-9-4-3-7(11)5-8(9)10-13-14-15-16(10)2/h3-5H,1-2H3,(H,12,17). The Morgan fingerprint density at radius 2 is 2.24 bits per heavy atom. The number of rotatable bonds is 2. The van der Waals surface area contributed by atoms with Crippen molar-refractivity contribution in [3.8, 4) is 11.4 Å². The molecule has 1 amide bonds. The molecule has 0 unspecified atom stereocenters. The molecular formula is C10H10BrN5O. The van der Waals surface area contributed by atoms with E-state index in [0.717, 1.165) is 10.0 Å². The van der Waals surface area contributed by atoms with Crippen LogP contribution < -0.4 is 5.32 Å². The minimum atomic E-state index is -0.135. The van der Waals surface area contributed by atoms with Gasteiger partial charge in [0.1, 0.15) is 0 Å². The normalized spacial score (nSPS) is 10.3. The summed E-state index contributed by atoms with van der Waals surface area (Å²) in [6.07, 6.45) is 0. The molecule has 0 atom stereocenters. The molecule has 1 aromatic heterocycles. The molecule has 0 saturated heterocycles. The van der Waals surface area contributed by atoms with E-state index in [4.69, 9.17) is 0 Å². The van der Waals surface area contributed by atoms with E-state index in [1.54, 1.807) is 17.8 Å². The largest absolute Gasteiger partial charge is 0.326 e. The quantitative estimate of drug-likeness (QED) is 0.913. The van der Waals surface area contributed by atoms with Crippen molar-refractivity contribution in [2.24, 2.45) is 7.05 Å². The van der Waals surface area contributed by atoms with Crippen molar-refractivity contribution in [2.45, 2.75) is 6.92 Å². The van der Waals surface area contributed by atoms with Crippen LogP contribution in [0.15, 0.2) is 22.7 Å². The van der Waals surface area contributed by atoms with Gasteiger partial charge in [0.2, 0.25) is 5.91 Å². The van der Waals surface area contributed by atoms with Crippen LogP contribution >= 0.6 is 15.9 Å². The molecule has 1 heterocycles. The third-order valence-electron chi connectivity index (χ3n) is 2.15. The first-order valence-corrected chi connectivity index (χ1v) is 5.67. The van der Waals surface area contributed by atoms with Crippen LogP contribution in [-0.2, 0) is 11.8 Å². The van der Waals surface area contributed by atoms with Crippen molar-refractivity contribution in [1.29, 1.82) is 0 Å². The lowest BCUT2D eigenvalue weighted by atomic mass is 10.1. The number of nitrogens with one attached hydrogen (secondary N) is 1. The number of anilines is 1. The van der Waals surface area contributed by atoms with Crippen molar-refractivity contribution in [1.82, 2.24) is 20.2 Å². The molecule has 2 rings (SSSR count). The Morgan fingerprint density at radius 1 is 1.47 bits per heavy atom. The van der Waals surface area contributed by atoms with E-state index >= 15 is 0 Å². The Morgan fingerprint density at radius 3 is 2.82 bits per heavy atom. The Bertz CT molecular complexity index is 566. The zero-order chi connectivity index (χ0) is 12.4. The number of hydrogen-bond acceptors (Lipinski definition) is 4. The number of halogens is 1. The highest BCUT2D eigenvalue weighted by Crippen LogP contribution is 2.28. The number of amides is 1. The van der Waals surface area contributed by atoms with Crippen molar-refractivity contribution in [3.05, 3.63) is 22.7 Å². The van der Waals surface area contributed by atoms with E-state index in [-0.39, 0.29) is 5.91 Å². The van der Waals surface area contributed by atoms with Gasteiger partial charge in [-0.3, -0.25) is 4.79 Å². The maximum absolute atomic E-state index is 11.1. The second-order valence-corrected chi connectivity index (χ2v) is 4.41. The second-order valence-electron chi connectivity index (χ2n) is 3.50. The monoisotopic (exact) mass is 295 g/mol. The molecule has 1 N–H and O–H groups in total. The third kappa shape index (κ3) is 2.50. The van der Waals surface area contributed by atoms with Crippen LogP contribution in [0.3, 0.4) is 0 Å². The fourth-order valence-corrected chi connectivity index (χ4v) is 1.82. The molecule has 17 heavy (non-hydrogen) atoms. The summed E-state index contributed by atoms with van der Waals surface area (Å²) in [4.78, 5) is 11.1. The predicted molar refractivity (Wildman–Crippen MR) is 66.2 cm³/mol. The topological polar surface area (TPSA) is 72.7 Å². The van der Waals surface area contributed by atoms with Gasteiger partial charge < -0.3 is 5.32 Å². The Kier molecular flexibility index (Phi) is 3.19. The van der Waals surface area contributed by atoms with Gasteiger partial charge in [-0.1, -0.05) is 15.9 Å². The van der Waals surface area contributed by atoms with Gasteiger partial charge in [-0.2, -0.15) is 0 Å². The number of carbonyl (C=O) groups is 1. The minimum Gasteiger partial charge on any atom is -0.326 e. The number of aromatic nitrogens is 4. The molecule has 0 bridgehead atoms. The first-order chi connectivity index (χ1) is 8.08. The van der Waals surface area contributed by atoms with Crippen LogP contribution in [0.25, 0.3) is 11.4 Å². The Hall–Kier alpha value is -1.76. The van der Waals surface area contributed by atoms with Gasteiger partial charge >= 0.3 is 0 Å². The fraction of sp³-hybridized carbons (Fsp3) is 0.200. The number of nitrogens with zero attached hydrogens (tertiary/aromatic N) is 4. The summed E-state index contributed by atoms with van der Waals surface area (Å²) in [5.74, 6) is 0.457. The number of hydrogen-bond donors (Lipinski definition) is 1. The van der Waals surface area contributed by atoms with Crippen LogP contribution in [0.1, 0.15) is 6.92 Å². The van der Waals surface area contributed by atoms with Gasteiger partial charge in [0.05, 0.1) is 5.69 Å². The summed E-state index contributed by atoms with van der Waals surface area (Å²) in [5, 5.41) is 14.0. The minimum absolute atomic E-state index is 0.135. The number of aryl methyl sites for hydroxylation is 1. The van der Waals surface area contributed by atoms with Crippen LogP contribution in [0.4, 0.5) is 5.69 Å². The number of benzene rings is 1. The summed E-state index contributed by atoms with van der Waals surface area (Å²) in [5.41, 5.74) is 1.45. The molecule has 2 aromatic rings. The molecular weight excluding hydrogens is 286 g/mol. The van der Waals surface area contributed by atoms with Gasteiger partial charge in [0.25, 0.3) is 0 Å². The summed E-state index contributed by atoms with van der Waals surface area (Å²) in [6, 6.07) is 5.50. The van der Waals surface area contributed by atoms with Crippen molar-refractivity contribution in [3.63, 3.8) is 0 Å². The highest BCUT2D eigenvalue weighted by molar-refractivity contribution is 9.10.